The highest BCUT2D eigenvalue weighted by molar-refractivity contribution is 5.98. The van der Waals surface area contributed by atoms with Gasteiger partial charge in [0.15, 0.2) is 0 Å². The molecule has 1 aliphatic carbocycles. The highest BCUT2D eigenvalue weighted by Gasteiger charge is 2.58. The number of carbonyl (C=O) groups is 1. The van der Waals surface area contributed by atoms with Crippen LogP contribution in [0.4, 0.5) is 11.6 Å². The van der Waals surface area contributed by atoms with Gasteiger partial charge in [-0.3, -0.25) is 4.79 Å². The fourth-order valence-corrected chi connectivity index (χ4v) is 4.41. The zero-order valence-electron chi connectivity index (χ0n) is 15.8. The molecule has 2 aromatic heterocycles. The van der Waals surface area contributed by atoms with Crippen LogP contribution in [-0.4, -0.2) is 29.0 Å². The minimum atomic E-state index is 0.0664. The molecule has 0 bridgehead atoms. The highest BCUT2D eigenvalue weighted by atomic mass is 16.2. The SMILES string of the molecule is Cc1ccccc1-c1cc2cc(NC(=O)[C@@H]3C[C@@]34CCNC4)ncc2c(N)n1. The Morgan fingerprint density at radius 3 is 2.96 bits per heavy atom. The van der Waals surface area contributed by atoms with Gasteiger partial charge >= 0.3 is 0 Å². The molecule has 142 valence electrons. The molecule has 1 amide bonds. The van der Waals surface area contributed by atoms with Crippen molar-refractivity contribution in [3.05, 3.63) is 48.2 Å². The Kier molecular flexibility index (Phi) is 3.84. The second-order valence-electron chi connectivity index (χ2n) is 8.03. The Balaban J connectivity index is 1.45. The van der Waals surface area contributed by atoms with Gasteiger partial charge in [0.05, 0.1) is 5.69 Å². The number of nitrogens with one attached hydrogen (secondary N) is 2. The summed E-state index contributed by atoms with van der Waals surface area (Å²) in [4.78, 5) is 21.6. The molecule has 4 N–H and O–H groups in total. The number of benzene rings is 1. The van der Waals surface area contributed by atoms with E-state index in [1.807, 2.05) is 30.3 Å². The standard InChI is InChI=1S/C22H23N5O/c1-13-4-2-3-5-15(13)18-8-14-9-19(25-11-16(14)20(23)26-18)27-21(28)17-10-22(17)6-7-24-12-22/h2-5,8-9,11,17,24H,6-7,10,12H2,1H3,(H2,23,26)(H,25,27,28)/t17-,22+/m0/s1. The van der Waals surface area contributed by atoms with Crippen molar-refractivity contribution < 1.29 is 4.79 Å². The molecule has 2 atom stereocenters. The number of nitrogens with two attached hydrogens (primary N) is 1. The van der Waals surface area contributed by atoms with Gasteiger partial charge in [0, 0.05) is 29.6 Å². The number of fused-ring (bicyclic) bond motifs is 1. The minimum Gasteiger partial charge on any atom is -0.383 e. The summed E-state index contributed by atoms with van der Waals surface area (Å²) in [5, 5.41) is 8.07. The van der Waals surface area contributed by atoms with Crippen molar-refractivity contribution in [1.82, 2.24) is 15.3 Å². The molecule has 2 aliphatic rings. The maximum atomic E-state index is 12.7. The number of anilines is 2. The zero-order valence-corrected chi connectivity index (χ0v) is 15.8. The zero-order chi connectivity index (χ0) is 19.3. The molecule has 5 rings (SSSR count). The molecule has 0 unspecified atom stereocenters. The lowest BCUT2D eigenvalue weighted by atomic mass is 10.0. The first-order chi connectivity index (χ1) is 13.6. The van der Waals surface area contributed by atoms with E-state index < -0.39 is 0 Å². The fraction of sp³-hybridized carbons (Fsp3) is 0.318. The first-order valence-electron chi connectivity index (χ1n) is 9.70. The molecule has 3 heterocycles. The topological polar surface area (TPSA) is 92.9 Å². The Morgan fingerprint density at radius 2 is 2.18 bits per heavy atom. The summed E-state index contributed by atoms with van der Waals surface area (Å²) in [6, 6.07) is 12.0. The van der Waals surface area contributed by atoms with Gasteiger partial charge in [-0.25, -0.2) is 9.97 Å². The molecule has 3 aromatic rings. The molecule has 28 heavy (non-hydrogen) atoms. The number of aromatic nitrogens is 2. The molecular weight excluding hydrogens is 350 g/mol. The van der Waals surface area contributed by atoms with Gasteiger partial charge in [-0.05, 0) is 54.8 Å². The molecule has 6 heteroatoms. The van der Waals surface area contributed by atoms with Crippen LogP contribution in [0.2, 0.25) is 0 Å². The lowest BCUT2D eigenvalue weighted by molar-refractivity contribution is -0.118. The Bertz CT molecular complexity index is 1090. The molecule has 0 radical (unpaired) electrons. The quantitative estimate of drug-likeness (QED) is 0.656. The second-order valence-corrected chi connectivity index (χ2v) is 8.03. The van der Waals surface area contributed by atoms with Gasteiger partial charge in [-0.2, -0.15) is 0 Å². The van der Waals surface area contributed by atoms with E-state index in [2.05, 4.69) is 33.6 Å². The summed E-state index contributed by atoms with van der Waals surface area (Å²) in [7, 11) is 0. The number of hydrogen-bond acceptors (Lipinski definition) is 5. The number of amides is 1. The van der Waals surface area contributed by atoms with Crippen LogP contribution in [0.25, 0.3) is 22.0 Å². The number of pyridine rings is 2. The van der Waals surface area contributed by atoms with Crippen LogP contribution in [0, 0.1) is 18.3 Å². The van der Waals surface area contributed by atoms with Crippen molar-refractivity contribution in [2.45, 2.75) is 19.8 Å². The number of nitrogen functional groups attached to an aromatic ring is 1. The maximum absolute atomic E-state index is 12.7. The van der Waals surface area contributed by atoms with Gasteiger partial charge in [0.2, 0.25) is 5.91 Å². The summed E-state index contributed by atoms with van der Waals surface area (Å²) >= 11 is 0. The summed E-state index contributed by atoms with van der Waals surface area (Å²) < 4.78 is 0. The van der Waals surface area contributed by atoms with Crippen molar-refractivity contribution in [3.63, 3.8) is 0 Å². The Labute approximate surface area is 163 Å². The van der Waals surface area contributed by atoms with Gasteiger partial charge in [0.25, 0.3) is 0 Å². The molecular formula is C22H23N5O. The lowest BCUT2D eigenvalue weighted by Crippen LogP contribution is -2.20. The van der Waals surface area contributed by atoms with Crippen molar-refractivity contribution in [1.29, 1.82) is 0 Å². The van der Waals surface area contributed by atoms with E-state index in [-0.39, 0.29) is 17.2 Å². The number of rotatable bonds is 3. The molecule has 1 saturated carbocycles. The second kappa shape index (κ2) is 6.27. The summed E-state index contributed by atoms with van der Waals surface area (Å²) in [5.74, 6) is 1.16. The fourth-order valence-electron chi connectivity index (χ4n) is 4.41. The smallest absolute Gasteiger partial charge is 0.229 e. The molecule has 6 nitrogen and oxygen atoms in total. The van der Waals surface area contributed by atoms with Crippen molar-refractivity contribution in [2.24, 2.45) is 11.3 Å². The predicted molar refractivity (Wildman–Crippen MR) is 111 cm³/mol. The van der Waals surface area contributed by atoms with Gasteiger partial charge in [0.1, 0.15) is 11.6 Å². The number of hydrogen-bond donors (Lipinski definition) is 3. The van der Waals surface area contributed by atoms with Crippen LogP contribution in [0.15, 0.2) is 42.6 Å². The third kappa shape index (κ3) is 2.81. The van der Waals surface area contributed by atoms with Gasteiger partial charge in [-0.15, -0.1) is 0 Å². The normalized spacial score (nSPS) is 23.2. The van der Waals surface area contributed by atoms with Gasteiger partial charge in [-0.1, -0.05) is 24.3 Å². The predicted octanol–water partition coefficient (Wildman–Crippen LogP) is 3.13. The Hall–Kier alpha value is -2.99. The number of aryl methyl sites for hydroxylation is 1. The molecule has 1 aliphatic heterocycles. The van der Waals surface area contributed by atoms with Crippen molar-refractivity contribution in [3.8, 4) is 11.3 Å². The third-order valence-electron chi connectivity index (χ3n) is 6.20. The average molecular weight is 373 g/mol. The molecule has 1 aromatic carbocycles. The first-order valence-corrected chi connectivity index (χ1v) is 9.70. The first kappa shape index (κ1) is 17.1. The third-order valence-corrected chi connectivity index (χ3v) is 6.20. The van der Waals surface area contributed by atoms with E-state index in [1.165, 1.54) is 0 Å². The summed E-state index contributed by atoms with van der Waals surface area (Å²) in [5.41, 5.74) is 9.37. The van der Waals surface area contributed by atoms with Gasteiger partial charge < -0.3 is 16.4 Å². The Morgan fingerprint density at radius 1 is 1.32 bits per heavy atom. The van der Waals surface area contributed by atoms with E-state index in [0.29, 0.717) is 11.6 Å². The van der Waals surface area contributed by atoms with Crippen LogP contribution in [0.3, 0.4) is 0 Å². The largest absolute Gasteiger partial charge is 0.383 e. The van der Waals surface area contributed by atoms with Crippen LogP contribution in [-0.2, 0) is 4.79 Å². The number of nitrogens with zero attached hydrogens (tertiary/aromatic N) is 2. The summed E-state index contributed by atoms with van der Waals surface area (Å²) in [6.07, 6.45) is 3.74. The molecule has 1 saturated heterocycles. The van der Waals surface area contributed by atoms with Crippen LogP contribution in [0.1, 0.15) is 18.4 Å². The van der Waals surface area contributed by atoms with E-state index in [4.69, 9.17) is 5.73 Å². The van der Waals surface area contributed by atoms with Crippen molar-refractivity contribution in [2.75, 3.05) is 24.1 Å². The van der Waals surface area contributed by atoms with Crippen LogP contribution >= 0.6 is 0 Å². The van der Waals surface area contributed by atoms with Crippen LogP contribution in [0.5, 0.6) is 0 Å². The van der Waals surface area contributed by atoms with E-state index >= 15 is 0 Å². The minimum absolute atomic E-state index is 0.0664. The average Bonchev–Trinajstić information content (AvgIpc) is 3.18. The highest BCUT2D eigenvalue weighted by Crippen LogP contribution is 2.56. The van der Waals surface area contributed by atoms with E-state index in [1.54, 1.807) is 6.20 Å². The molecule has 2 fully saturated rings. The molecule has 1 spiro atoms. The van der Waals surface area contributed by atoms with Crippen LogP contribution < -0.4 is 16.4 Å². The van der Waals surface area contributed by atoms with Crippen molar-refractivity contribution >= 4 is 28.3 Å². The van der Waals surface area contributed by atoms with E-state index in [9.17, 15) is 4.79 Å². The van der Waals surface area contributed by atoms with E-state index in [0.717, 1.165) is 53.5 Å². The summed E-state index contributed by atoms with van der Waals surface area (Å²) in [6.45, 7) is 4.00. The monoisotopic (exact) mass is 373 g/mol. The number of carbonyl (C=O) groups excluding carboxylic acids is 1. The maximum Gasteiger partial charge on any atom is 0.229 e. The lowest BCUT2D eigenvalue weighted by Gasteiger charge is -2.11.